The van der Waals surface area contributed by atoms with Crippen LogP contribution in [0, 0.1) is 19.7 Å². The summed E-state index contributed by atoms with van der Waals surface area (Å²) in [6.45, 7) is 4.28. The largest absolute Gasteiger partial charge is 0.489 e. The summed E-state index contributed by atoms with van der Waals surface area (Å²) in [6.07, 6.45) is 0. The number of rotatable bonds is 3. The van der Waals surface area contributed by atoms with E-state index in [9.17, 15) is 4.39 Å². The van der Waals surface area contributed by atoms with Crippen LogP contribution in [0.25, 0.3) is 0 Å². The van der Waals surface area contributed by atoms with Gasteiger partial charge in [-0.3, -0.25) is 0 Å². The van der Waals surface area contributed by atoms with Crippen molar-refractivity contribution in [2.45, 2.75) is 20.5 Å². The molecular weight excluding hydrogens is 251 g/mol. The van der Waals surface area contributed by atoms with Crippen LogP contribution in [0.1, 0.15) is 16.7 Å². The minimum absolute atomic E-state index is 0.263. The summed E-state index contributed by atoms with van der Waals surface area (Å²) in [5, 5.41) is 0.515. The van der Waals surface area contributed by atoms with Crippen molar-refractivity contribution in [2.75, 3.05) is 0 Å². The van der Waals surface area contributed by atoms with Crippen LogP contribution < -0.4 is 4.74 Å². The Morgan fingerprint density at radius 2 is 1.72 bits per heavy atom. The van der Waals surface area contributed by atoms with E-state index in [0.717, 1.165) is 16.9 Å². The zero-order chi connectivity index (χ0) is 13.1. The van der Waals surface area contributed by atoms with E-state index in [1.54, 1.807) is 0 Å². The molecule has 3 heteroatoms. The molecule has 0 aliphatic rings. The van der Waals surface area contributed by atoms with Crippen molar-refractivity contribution < 1.29 is 9.13 Å². The second-order valence-corrected chi connectivity index (χ2v) is 4.76. The zero-order valence-corrected chi connectivity index (χ0v) is 11.1. The van der Waals surface area contributed by atoms with Gasteiger partial charge in [-0.15, -0.1) is 0 Å². The van der Waals surface area contributed by atoms with E-state index < -0.39 is 0 Å². The zero-order valence-electron chi connectivity index (χ0n) is 10.3. The molecule has 0 bridgehead atoms. The lowest BCUT2D eigenvalue weighted by Gasteiger charge is -2.09. The highest BCUT2D eigenvalue weighted by atomic mass is 35.5. The molecule has 2 aromatic carbocycles. The van der Waals surface area contributed by atoms with Crippen LogP contribution in [0.15, 0.2) is 36.4 Å². The second kappa shape index (κ2) is 5.40. The van der Waals surface area contributed by atoms with Crippen molar-refractivity contribution in [1.82, 2.24) is 0 Å². The molecule has 2 aromatic rings. The summed E-state index contributed by atoms with van der Waals surface area (Å²) >= 11 is 5.98. The van der Waals surface area contributed by atoms with Crippen LogP contribution in [0.5, 0.6) is 5.75 Å². The molecular formula is C15H14ClFO. The Morgan fingerprint density at radius 1 is 1.06 bits per heavy atom. The summed E-state index contributed by atoms with van der Waals surface area (Å²) in [4.78, 5) is 0. The summed E-state index contributed by atoms with van der Waals surface area (Å²) in [5.74, 6) is 0.464. The molecule has 0 radical (unpaired) electrons. The Kier molecular flexibility index (Phi) is 3.87. The van der Waals surface area contributed by atoms with Gasteiger partial charge in [-0.2, -0.15) is 0 Å². The lowest BCUT2D eigenvalue weighted by atomic mass is 10.1. The lowest BCUT2D eigenvalue weighted by Crippen LogP contribution is -1.97. The Balaban J connectivity index is 2.13. The normalized spacial score (nSPS) is 10.4. The molecule has 0 atom stereocenters. The number of benzene rings is 2. The fourth-order valence-corrected chi connectivity index (χ4v) is 2.00. The highest BCUT2D eigenvalue weighted by molar-refractivity contribution is 6.31. The Labute approximate surface area is 111 Å². The van der Waals surface area contributed by atoms with E-state index in [0.29, 0.717) is 10.6 Å². The quantitative estimate of drug-likeness (QED) is 0.782. The van der Waals surface area contributed by atoms with E-state index in [2.05, 4.69) is 6.07 Å². The first-order valence-electron chi connectivity index (χ1n) is 5.69. The molecule has 1 nitrogen and oxygen atoms in total. The molecule has 0 spiro atoms. The fourth-order valence-electron chi connectivity index (χ4n) is 1.83. The van der Waals surface area contributed by atoms with Gasteiger partial charge in [0.25, 0.3) is 0 Å². The van der Waals surface area contributed by atoms with E-state index in [1.807, 2.05) is 26.0 Å². The van der Waals surface area contributed by atoms with Crippen LogP contribution in [0.3, 0.4) is 0 Å². The lowest BCUT2D eigenvalue weighted by molar-refractivity contribution is 0.305. The number of aryl methyl sites for hydroxylation is 2. The monoisotopic (exact) mass is 264 g/mol. The maximum atomic E-state index is 13.1. The highest BCUT2D eigenvalue weighted by Gasteiger charge is 2.04. The van der Waals surface area contributed by atoms with Crippen molar-refractivity contribution in [3.63, 3.8) is 0 Å². The van der Waals surface area contributed by atoms with Gasteiger partial charge >= 0.3 is 0 Å². The summed E-state index contributed by atoms with van der Waals surface area (Å²) in [6, 6.07) is 10.2. The van der Waals surface area contributed by atoms with Crippen LogP contribution in [-0.2, 0) is 6.61 Å². The minimum Gasteiger partial charge on any atom is -0.489 e. The fraction of sp³-hybridized carbons (Fsp3) is 0.200. The van der Waals surface area contributed by atoms with Gasteiger partial charge in [-0.25, -0.2) is 4.39 Å². The van der Waals surface area contributed by atoms with Crippen molar-refractivity contribution >= 4 is 11.6 Å². The Morgan fingerprint density at radius 3 is 2.39 bits per heavy atom. The second-order valence-electron chi connectivity index (χ2n) is 4.35. The Bertz CT molecular complexity index is 546. The topological polar surface area (TPSA) is 9.23 Å². The third-order valence-corrected chi connectivity index (χ3v) is 2.97. The van der Waals surface area contributed by atoms with Gasteiger partial charge < -0.3 is 4.74 Å². The van der Waals surface area contributed by atoms with E-state index >= 15 is 0 Å². The molecule has 94 valence electrons. The van der Waals surface area contributed by atoms with Gasteiger partial charge in [0.1, 0.15) is 18.2 Å². The molecule has 0 fully saturated rings. The number of hydrogen-bond donors (Lipinski definition) is 0. The Hall–Kier alpha value is -1.54. The maximum absolute atomic E-state index is 13.1. The first kappa shape index (κ1) is 12.9. The predicted molar refractivity (Wildman–Crippen MR) is 71.7 cm³/mol. The molecule has 0 unspecified atom stereocenters. The van der Waals surface area contributed by atoms with E-state index in [4.69, 9.17) is 16.3 Å². The predicted octanol–water partition coefficient (Wildman–Crippen LogP) is 4.67. The average Bonchev–Trinajstić information content (AvgIpc) is 2.29. The van der Waals surface area contributed by atoms with Gasteiger partial charge in [-0.05, 0) is 55.3 Å². The smallest absolute Gasteiger partial charge is 0.123 e. The summed E-state index contributed by atoms with van der Waals surface area (Å²) in [5.41, 5.74) is 2.92. The van der Waals surface area contributed by atoms with E-state index in [-0.39, 0.29) is 12.4 Å². The van der Waals surface area contributed by atoms with Gasteiger partial charge in [0.15, 0.2) is 0 Å². The molecule has 0 heterocycles. The SMILES string of the molecule is Cc1cc(C)cc(OCc2cc(F)ccc2Cl)c1. The van der Waals surface area contributed by atoms with Crippen molar-refractivity contribution in [1.29, 1.82) is 0 Å². The third kappa shape index (κ3) is 3.23. The highest BCUT2D eigenvalue weighted by Crippen LogP contribution is 2.21. The first-order valence-corrected chi connectivity index (χ1v) is 6.07. The van der Waals surface area contributed by atoms with E-state index in [1.165, 1.54) is 18.2 Å². The molecule has 0 aliphatic heterocycles. The van der Waals surface area contributed by atoms with Gasteiger partial charge in [0.2, 0.25) is 0 Å². The first-order chi connectivity index (χ1) is 8.54. The number of halogens is 2. The van der Waals surface area contributed by atoms with Gasteiger partial charge in [0, 0.05) is 10.6 Å². The van der Waals surface area contributed by atoms with Gasteiger partial charge in [-0.1, -0.05) is 17.7 Å². The standard InChI is InChI=1S/C15H14ClFO/c1-10-5-11(2)7-14(6-10)18-9-12-8-13(17)3-4-15(12)16/h3-8H,9H2,1-2H3. The van der Waals surface area contributed by atoms with Crippen LogP contribution in [0.4, 0.5) is 4.39 Å². The molecule has 0 saturated carbocycles. The van der Waals surface area contributed by atoms with Crippen LogP contribution in [-0.4, -0.2) is 0 Å². The van der Waals surface area contributed by atoms with Crippen LogP contribution in [0.2, 0.25) is 5.02 Å². The van der Waals surface area contributed by atoms with Gasteiger partial charge in [0.05, 0.1) is 0 Å². The molecule has 0 N–H and O–H groups in total. The van der Waals surface area contributed by atoms with Crippen molar-refractivity contribution in [2.24, 2.45) is 0 Å². The molecule has 18 heavy (non-hydrogen) atoms. The van der Waals surface area contributed by atoms with Crippen molar-refractivity contribution in [3.8, 4) is 5.75 Å². The molecule has 0 amide bonds. The number of ether oxygens (including phenoxy) is 1. The third-order valence-electron chi connectivity index (χ3n) is 2.60. The van der Waals surface area contributed by atoms with Crippen molar-refractivity contribution in [3.05, 3.63) is 63.9 Å². The maximum Gasteiger partial charge on any atom is 0.123 e. The molecule has 0 aliphatic carbocycles. The molecule has 2 rings (SSSR count). The average molecular weight is 265 g/mol. The molecule has 0 aromatic heterocycles. The van der Waals surface area contributed by atoms with Crippen LogP contribution >= 0.6 is 11.6 Å². The summed E-state index contributed by atoms with van der Waals surface area (Å²) < 4.78 is 18.7. The summed E-state index contributed by atoms with van der Waals surface area (Å²) in [7, 11) is 0. The number of hydrogen-bond acceptors (Lipinski definition) is 1. The minimum atomic E-state index is -0.307. The molecule has 0 saturated heterocycles.